The lowest BCUT2D eigenvalue weighted by atomic mass is 9.86. The zero-order valence-electron chi connectivity index (χ0n) is 6.65. The predicted octanol–water partition coefficient (Wildman–Crippen LogP) is -1.11. The van der Waals surface area contributed by atoms with E-state index < -0.39 is 7.12 Å². The highest BCUT2D eigenvalue weighted by atomic mass is 16.4. The summed E-state index contributed by atoms with van der Waals surface area (Å²) in [5.74, 6) is 0. The van der Waals surface area contributed by atoms with Crippen LogP contribution in [0.3, 0.4) is 0 Å². The summed E-state index contributed by atoms with van der Waals surface area (Å²) in [6.45, 7) is 4.37. The zero-order chi connectivity index (χ0) is 8.43. The van der Waals surface area contributed by atoms with Crippen LogP contribution in [0.5, 0.6) is 0 Å². The van der Waals surface area contributed by atoms with Crippen molar-refractivity contribution in [2.24, 2.45) is 0 Å². The molecule has 11 heavy (non-hydrogen) atoms. The first-order chi connectivity index (χ1) is 5.15. The maximum Gasteiger partial charge on any atom is 0.507 e. The molecule has 0 saturated carbocycles. The van der Waals surface area contributed by atoms with E-state index in [-0.39, 0.29) is 0 Å². The van der Waals surface area contributed by atoms with Gasteiger partial charge in [0.1, 0.15) is 0 Å². The molecule has 0 fully saturated rings. The van der Waals surface area contributed by atoms with Crippen LogP contribution in [0.25, 0.3) is 0 Å². The van der Waals surface area contributed by atoms with Crippen molar-refractivity contribution in [2.75, 3.05) is 0 Å². The average molecular weight is 154 g/mol. The number of aryl methyl sites for hydroxylation is 2. The largest absolute Gasteiger partial charge is 0.507 e. The van der Waals surface area contributed by atoms with Crippen molar-refractivity contribution in [1.29, 1.82) is 0 Å². The zero-order valence-corrected chi connectivity index (χ0v) is 6.65. The van der Waals surface area contributed by atoms with E-state index in [1.165, 1.54) is 0 Å². The minimum atomic E-state index is -1.42. The van der Waals surface area contributed by atoms with E-state index in [1.54, 1.807) is 10.7 Å². The van der Waals surface area contributed by atoms with Crippen LogP contribution < -0.4 is 5.59 Å². The summed E-state index contributed by atoms with van der Waals surface area (Å²) in [7, 11) is -1.42. The molecule has 0 spiro atoms. The molecule has 0 bridgehead atoms. The third kappa shape index (κ3) is 1.61. The lowest BCUT2D eigenvalue weighted by molar-refractivity contribution is 0.420. The molecule has 1 aromatic heterocycles. The molecule has 1 aromatic rings. The van der Waals surface area contributed by atoms with Gasteiger partial charge in [0.15, 0.2) is 0 Å². The van der Waals surface area contributed by atoms with Gasteiger partial charge in [-0.05, 0) is 19.9 Å². The topological polar surface area (TPSA) is 58.3 Å². The first-order valence-electron chi connectivity index (χ1n) is 3.55. The Bertz CT molecular complexity index is 247. The van der Waals surface area contributed by atoms with Crippen molar-refractivity contribution in [3.63, 3.8) is 0 Å². The molecule has 0 unspecified atom stereocenters. The van der Waals surface area contributed by atoms with Crippen LogP contribution in [0, 0.1) is 6.92 Å². The van der Waals surface area contributed by atoms with E-state index >= 15 is 0 Å². The van der Waals surface area contributed by atoms with E-state index in [2.05, 4.69) is 5.10 Å². The summed E-state index contributed by atoms with van der Waals surface area (Å²) in [6.07, 6.45) is 0. The van der Waals surface area contributed by atoms with Crippen molar-refractivity contribution in [3.8, 4) is 0 Å². The van der Waals surface area contributed by atoms with Gasteiger partial charge in [0.05, 0.1) is 11.3 Å². The minimum absolute atomic E-state index is 0.449. The monoisotopic (exact) mass is 154 g/mol. The van der Waals surface area contributed by atoms with Crippen LogP contribution in [0.4, 0.5) is 0 Å². The fourth-order valence-electron chi connectivity index (χ4n) is 1.03. The van der Waals surface area contributed by atoms with Crippen LogP contribution >= 0.6 is 0 Å². The van der Waals surface area contributed by atoms with Gasteiger partial charge in [-0.3, -0.25) is 4.68 Å². The molecule has 1 rings (SSSR count). The summed E-state index contributed by atoms with van der Waals surface area (Å²) in [4.78, 5) is 0. The third-order valence-electron chi connectivity index (χ3n) is 1.50. The van der Waals surface area contributed by atoms with Gasteiger partial charge in [0.25, 0.3) is 0 Å². The first-order valence-corrected chi connectivity index (χ1v) is 3.55. The summed E-state index contributed by atoms with van der Waals surface area (Å²) in [5.41, 5.74) is 1.25. The maximum atomic E-state index is 8.84. The Morgan fingerprint density at radius 1 is 1.64 bits per heavy atom. The van der Waals surface area contributed by atoms with Gasteiger partial charge in [0.2, 0.25) is 0 Å². The van der Waals surface area contributed by atoms with Crippen molar-refractivity contribution < 1.29 is 10.0 Å². The molecular formula is C6H11BN2O2. The second kappa shape index (κ2) is 3.06. The van der Waals surface area contributed by atoms with Crippen LogP contribution in [-0.4, -0.2) is 26.9 Å². The summed E-state index contributed by atoms with van der Waals surface area (Å²) in [5, 5.41) is 21.7. The van der Waals surface area contributed by atoms with E-state index in [0.29, 0.717) is 12.1 Å². The van der Waals surface area contributed by atoms with Gasteiger partial charge in [-0.25, -0.2) is 0 Å². The first kappa shape index (κ1) is 8.29. The molecular weight excluding hydrogens is 143 g/mol. The van der Waals surface area contributed by atoms with E-state index in [4.69, 9.17) is 10.0 Å². The van der Waals surface area contributed by atoms with Gasteiger partial charge in [-0.1, -0.05) is 0 Å². The Labute approximate surface area is 65.6 Å². The normalized spacial score (nSPS) is 10.2. The van der Waals surface area contributed by atoms with Crippen molar-refractivity contribution in [1.82, 2.24) is 9.78 Å². The number of hydrogen-bond donors (Lipinski definition) is 2. The second-order valence-electron chi connectivity index (χ2n) is 2.40. The fraction of sp³-hybridized carbons (Fsp3) is 0.500. The molecule has 0 aliphatic carbocycles. The molecule has 0 radical (unpaired) electrons. The quantitative estimate of drug-likeness (QED) is 0.531. The summed E-state index contributed by atoms with van der Waals surface area (Å²) >= 11 is 0. The van der Waals surface area contributed by atoms with E-state index in [0.717, 1.165) is 5.69 Å². The Hall–Kier alpha value is -0.805. The van der Waals surface area contributed by atoms with Crippen LogP contribution in [0.2, 0.25) is 0 Å². The van der Waals surface area contributed by atoms with Gasteiger partial charge in [0, 0.05) is 6.54 Å². The molecule has 60 valence electrons. The van der Waals surface area contributed by atoms with Crippen molar-refractivity contribution >= 4 is 12.7 Å². The SMILES string of the molecule is CCn1nc(C)cc1B(O)O. The minimum Gasteiger partial charge on any atom is -0.422 e. The Kier molecular flexibility index (Phi) is 2.31. The molecule has 2 N–H and O–H groups in total. The van der Waals surface area contributed by atoms with Gasteiger partial charge < -0.3 is 10.0 Å². The molecule has 0 aromatic carbocycles. The van der Waals surface area contributed by atoms with Gasteiger partial charge >= 0.3 is 7.12 Å². The second-order valence-corrected chi connectivity index (χ2v) is 2.40. The van der Waals surface area contributed by atoms with Gasteiger partial charge in [-0.2, -0.15) is 5.10 Å². The Morgan fingerprint density at radius 3 is 2.64 bits per heavy atom. The average Bonchev–Trinajstić information content (AvgIpc) is 2.30. The van der Waals surface area contributed by atoms with Crippen LogP contribution in [0.1, 0.15) is 12.6 Å². The molecule has 5 heteroatoms. The highest BCUT2D eigenvalue weighted by Crippen LogP contribution is 1.90. The summed E-state index contributed by atoms with van der Waals surface area (Å²) in [6, 6.07) is 1.66. The lowest BCUT2D eigenvalue weighted by Gasteiger charge is -2.00. The lowest BCUT2D eigenvalue weighted by Crippen LogP contribution is -2.36. The maximum absolute atomic E-state index is 8.84. The van der Waals surface area contributed by atoms with E-state index in [9.17, 15) is 0 Å². The number of hydrogen-bond acceptors (Lipinski definition) is 3. The molecule has 0 atom stereocenters. The Balaban J connectivity index is 3.02. The number of nitrogens with zero attached hydrogens (tertiary/aromatic N) is 2. The van der Waals surface area contributed by atoms with Crippen molar-refractivity contribution in [2.45, 2.75) is 20.4 Å². The number of aromatic nitrogens is 2. The predicted molar refractivity (Wildman–Crippen MR) is 42.5 cm³/mol. The molecule has 0 aliphatic rings. The van der Waals surface area contributed by atoms with E-state index in [1.807, 2.05) is 13.8 Å². The molecule has 4 nitrogen and oxygen atoms in total. The molecule has 0 aliphatic heterocycles. The van der Waals surface area contributed by atoms with Crippen molar-refractivity contribution in [3.05, 3.63) is 11.8 Å². The molecule has 0 amide bonds. The standard InChI is InChI=1S/C6H11BN2O2/c1-3-9-6(7(10)11)4-5(2)8-9/h4,10-11H,3H2,1-2H3. The third-order valence-corrected chi connectivity index (χ3v) is 1.50. The Morgan fingerprint density at radius 2 is 2.27 bits per heavy atom. The summed E-state index contributed by atoms with van der Waals surface area (Å²) < 4.78 is 1.57. The molecule has 1 heterocycles. The van der Waals surface area contributed by atoms with Crippen LogP contribution in [-0.2, 0) is 6.54 Å². The highest BCUT2D eigenvalue weighted by Gasteiger charge is 2.16. The van der Waals surface area contributed by atoms with Gasteiger partial charge in [-0.15, -0.1) is 0 Å². The number of rotatable bonds is 2. The van der Waals surface area contributed by atoms with Crippen LogP contribution in [0.15, 0.2) is 6.07 Å². The fourth-order valence-corrected chi connectivity index (χ4v) is 1.03. The molecule has 0 saturated heterocycles. The smallest absolute Gasteiger partial charge is 0.422 e. The highest BCUT2D eigenvalue weighted by molar-refractivity contribution is 6.57.